The lowest BCUT2D eigenvalue weighted by atomic mass is 9.86. The molecule has 1 nitrogen and oxygen atoms in total. The lowest BCUT2D eigenvalue weighted by Gasteiger charge is -2.27. The Morgan fingerprint density at radius 1 is 1.21 bits per heavy atom. The van der Waals surface area contributed by atoms with Crippen molar-refractivity contribution in [1.82, 2.24) is 0 Å². The molecule has 0 spiro atoms. The molecule has 1 aromatic rings. The number of hydrogen-bond donors (Lipinski definition) is 1. The predicted molar refractivity (Wildman–Crippen MR) is 62.9 cm³/mol. The summed E-state index contributed by atoms with van der Waals surface area (Å²) in [6, 6.07) is 2.10. The first-order valence-corrected chi connectivity index (χ1v) is 6.50. The Labute approximate surface area is 94.3 Å². The molecule has 1 heterocycles. The van der Waals surface area contributed by atoms with E-state index in [2.05, 4.69) is 6.07 Å². The van der Waals surface area contributed by atoms with Gasteiger partial charge in [0.2, 0.25) is 0 Å². The molecule has 0 atom stereocenters. The first-order chi connectivity index (χ1) is 6.72. The summed E-state index contributed by atoms with van der Waals surface area (Å²) in [5, 5.41) is 2.04. The highest BCUT2D eigenvalue weighted by Gasteiger charge is 2.30. The van der Waals surface area contributed by atoms with Crippen molar-refractivity contribution in [2.45, 2.75) is 44.1 Å². The van der Waals surface area contributed by atoms with Crippen LogP contribution in [0.5, 0.6) is 0 Å². The van der Waals surface area contributed by atoms with E-state index in [0.29, 0.717) is 0 Å². The van der Waals surface area contributed by atoms with Gasteiger partial charge in [0.25, 0.3) is 0 Å². The summed E-state index contributed by atoms with van der Waals surface area (Å²) < 4.78 is 0.884. The van der Waals surface area contributed by atoms with E-state index in [1.165, 1.54) is 31.2 Å². The number of hydrogen-bond acceptors (Lipinski definition) is 2. The molecule has 2 rings (SSSR count). The summed E-state index contributed by atoms with van der Waals surface area (Å²) in [6.45, 7) is 0. The van der Waals surface area contributed by atoms with Crippen LogP contribution in [0.4, 0.5) is 0 Å². The smallest absolute Gasteiger partial charge is 0.0978 e. The van der Waals surface area contributed by atoms with Crippen molar-refractivity contribution in [2.75, 3.05) is 0 Å². The summed E-state index contributed by atoms with van der Waals surface area (Å²) >= 11 is 7.74. The summed E-state index contributed by atoms with van der Waals surface area (Å²) in [4.78, 5) is 0. The van der Waals surface area contributed by atoms with Gasteiger partial charge in [0.15, 0.2) is 0 Å². The SMILES string of the molecule is NC1(c2ccsc2Cl)CCCCCC1. The van der Waals surface area contributed by atoms with Crippen molar-refractivity contribution in [3.8, 4) is 0 Å². The average molecular weight is 230 g/mol. The minimum atomic E-state index is -0.145. The van der Waals surface area contributed by atoms with Crippen LogP contribution in [0, 0.1) is 0 Å². The Hall–Kier alpha value is -0.0500. The van der Waals surface area contributed by atoms with Crippen molar-refractivity contribution in [1.29, 1.82) is 0 Å². The number of nitrogens with two attached hydrogens (primary N) is 1. The van der Waals surface area contributed by atoms with Gasteiger partial charge >= 0.3 is 0 Å². The largest absolute Gasteiger partial charge is 0.321 e. The fraction of sp³-hybridized carbons (Fsp3) is 0.636. The highest BCUT2D eigenvalue weighted by molar-refractivity contribution is 7.14. The van der Waals surface area contributed by atoms with Crippen molar-refractivity contribution >= 4 is 22.9 Å². The monoisotopic (exact) mass is 229 g/mol. The second kappa shape index (κ2) is 4.21. The summed E-state index contributed by atoms with van der Waals surface area (Å²) in [5.74, 6) is 0. The van der Waals surface area contributed by atoms with Crippen LogP contribution in [0.1, 0.15) is 44.1 Å². The molecule has 1 aliphatic rings. The average Bonchev–Trinajstić information content (AvgIpc) is 2.46. The summed E-state index contributed by atoms with van der Waals surface area (Å²) in [5.41, 5.74) is 7.47. The van der Waals surface area contributed by atoms with Crippen LogP contribution >= 0.6 is 22.9 Å². The molecule has 3 heteroatoms. The molecule has 1 saturated carbocycles. The second-order valence-electron chi connectivity index (χ2n) is 4.18. The minimum absolute atomic E-state index is 0.145. The van der Waals surface area contributed by atoms with Crippen LogP contribution in [0.3, 0.4) is 0 Å². The molecule has 0 amide bonds. The van der Waals surface area contributed by atoms with Crippen molar-refractivity contribution in [2.24, 2.45) is 5.73 Å². The maximum atomic E-state index is 6.45. The molecule has 1 aromatic heterocycles. The van der Waals surface area contributed by atoms with E-state index >= 15 is 0 Å². The minimum Gasteiger partial charge on any atom is -0.321 e. The molecule has 14 heavy (non-hydrogen) atoms. The fourth-order valence-electron chi connectivity index (χ4n) is 2.28. The first-order valence-electron chi connectivity index (χ1n) is 5.25. The third kappa shape index (κ3) is 1.97. The van der Waals surface area contributed by atoms with Crippen LogP contribution in [-0.4, -0.2) is 0 Å². The van der Waals surface area contributed by atoms with Gasteiger partial charge in [0, 0.05) is 11.1 Å². The molecule has 0 radical (unpaired) electrons. The van der Waals surface area contributed by atoms with Crippen LogP contribution in [-0.2, 0) is 5.54 Å². The van der Waals surface area contributed by atoms with Gasteiger partial charge in [-0.3, -0.25) is 0 Å². The molecule has 1 aliphatic carbocycles. The van der Waals surface area contributed by atoms with E-state index in [4.69, 9.17) is 17.3 Å². The second-order valence-corrected chi connectivity index (χ2v) is 5.70. The highest BCUT2D eigenvalue weighted by atomic mass is 35.5. The van der Waals surface area contributed by atoms with E-state index < -0.39 is 0 Å². The van der Waals surface area contributed by atoms with E-state index in [9.17, 15) is 0 Å². The summed E-state index contributed by atoms with van der Waals surface area (Å²) in [6.07, 6.45) is 7.29. The molecule has 0 unspecified atom stereocenters. The maximum Gasteiger partial charge on any atom is 0.0978 e. The van der Waals surface area contributed by atoms with Crippen LogP contribution < -0.4 is 5.73 Å². The van der Waals surface area contributed by atoms with Gasteiger partial charge < -0.3 is 5.73 Å². The lowest BCUT2D eigenvalue weighted by molar-refractivity contribution is 0.387. The zero-order chi connectivity index (χ0) is 10.0. The van der Waals surface area contributed by atoms with E-state index in [1.807, 2.05) is 5.38 Å². The zero-order valence-corrected chi connectivity index (χ0v) is 9.83. The van der Waals surface area contributed by atoms with Gasteiger partial charge in [0.05, 0.1) is 4.34 Å². The van der Waals surface area contributed by atoms with Crippen LogP contribution in [0.2, 0.25) is 4.34 Å². The highest BCUT2D eigenvalue weighted by Crippen LogP contribution is 2.39. The Kier molecular flexibility index (Phi) is 3.15. The number of rotatable bonds is 1. The lowest BCUT2D eigenvalue weighted by Crippen LogP contribution is -2.35. The third-order valence-electron chi connectivity index (χ3n) is 3.15. The van der Waals surface area contributed by atoms with Crippen LogP contribution in [0.15, 0.2) is 11.4 Å². The standard InChI is InChI=1S/C11H16ClNS/c12-10-9(5-8-14-10)11(13)6-3-1-2-4-7-11/h5,8H,1-4,6-7,13H2. The topological polar surface area (TPSA) is 26.0 Å². The Bertz CT molecular complexity index is 300. The van der Waals surface area contributed by atoms with Gasteiger partial charge in [0.1, 0.15) is 0 Å². The fourth-order valence-corrected chi connectivity index (χ4v) is 3.41. The Balaban J connectivity index is 2.25. The first kappa shape index (κ1) is 10.5. The van der Waals surface area contributed by atoms with Gasteiger partial charge in [-0.1, -0.05) is 37.3 Å². The van der Waals surface area contributed by atoms with Crippen molar-refractivity contribution < 1.29 is 0 Å². The van der Waals surface area contributed by atoms with E-state index in [1.54, 1.807) is 11.3 Å². The zero-order valence-electron chi connectivity index (χ0n) is 8.26. The van der Waals surface area contributed by atoms with Crippen LogP contribution in [0.25, 0.3) is 0 Å². The number of halogens is 1. The molecule has 0 bridgehead atoms. The van der Waals surface area contributed by atoms with Gasteiger partial charge in [-0.2, -0.15) is 0 Å². The van der Waals surface area contributed by atoms with Crippen molar-refractivity contribution in [3.63, 3.8) is 0 Å². The molecule has 2 N–H and O–H groups in total. The molecule has 0 aliphatic heterocycles. The summed E-state index contributed by atoms with van der Waals surface area (Å²) in [7, 11) is 0. The van der Waals surface area contributed by atoms with Gasteiger partial charge in [-0.15, -0.1) is 11.3 Å². The van der Waals surface area contributed by atoms with E-state index in [-0.39, 0.29) is 5.54 Å². The Morgan fingerprint density at radius 3 is 2.36 bits per heavy atom. The van der Waals surface area contributed by atoms with Gasteiger partial charge in [-0.25, -0.2) is 0 Å². The quantitative estimate of drug-likeness (QED) is 0.726. The van der Waals surface area contributed by atoms with Gasteiger partial charge in [-0.05, 0) is 24.3 Å². The molecular formula is C11H16ClNS. The molecule has 0 aromatic carbocycles. The molecule has 78 valence electrons. The maximum absolute atomic E-state index is 6.45. The molecule has 0 saturated heterocycles. The predicted octanol–water partition coefficient (Wildman–Crippen LogP) is 3.91. The normalized spacial score (nSPS) is 21.9. The Morgan fingerprint density at radius 2 is 1.86 bits per heavy atom. The van der Waals surface area contributed by atoms with E-state index in [0.717, 1.165) is 17.2 Å². The molecular weight excluding hydrogens is 214 g/mol. The third-order valence-corrected chi connectivity index (χ3v) is 4.32. The number of thiophene rings is 1. The van der Waals surface area contributed by atoms with Crippen molar-refractivity contribution in [3.05, 3.63) is 21.3 Å². The molecule has 1 fully saturated rings.